The average molecular weight is 240 g/mol. The van der Waals surface area contributed by atoms with Crippen molar-refractivity contribution in [1.29, 1.82) is 0 Å². The van der Waals surface area contributed by atoms with E-state index in [1.807, 2.05) is 11.7 Å². The van der Waals surface area contributed by atoms with Crippen LogP contribution in [0.25, 0.3) is 0 Å². The molecule has 1 unspecified atom stereocenters. The first-order valence-corrected chi connectivity index (χ1v) is 6.14. The molecule has 0 aliphatic rings. The molecular formula is C12H24N4O. The van der Waals surface area contributed by atoms with Gasteiger partial charge >= 0.3 is 0 Å². The van der Waals surface area contributed by atoms with Crippen molar-refractivity contribution >= 4 is 11.5 Å². The lowest BCUT2D eigenvalue weighted by Gasteiger charge is -2.13. The van der Waals surface area contributed by atoms with Gasteiger partial charge in [0, 0.05) is 20.7 Å². The lowest BCUT2D eigenvalue weighted by molar-refractivity contribution is 0.164. The lowest BCUT2D eigenvalue weighted by Crippen LogP contribution is -2.17. The van der Waals surface area contributed by atoms with Crippen molar-refractivity contribution in [2.24, 2.45) is 13.0 Å². The zero-order chi connectivity index (χ0) is 12.8. The minimum absolute atomic E-state index is 0.448. The van der Waals surface area contributed by atoms with Crippen molar-refractivity contribution in [1.82, 2.24) is 9.78 Å². The number of nitrogen functional groups attached to an aromatic ring is 1. The average Bonchev–Trinajstić information content (AvgIpc) is 2.53. The predicted molar refractivity (Wildman–Crippen MR) is 71.1 cm³/mol. The molecule has 1 heterocycles. The number of hydrogen-bond acceptors (Lipinski definition) is 4. The number of methoxy groups -OCH3 is 1. The number of rotatable bonds is 7. The number of aryl methyl sites for hydroxylation is 2. The molecule has 1 atom stereocenters. The van der Waals surface area contributed by atoms with E-state index >= 15 is 0 Å². The van der Waals surface area contributed by atoms with E-state index in [1.165, 1.54) is 0 Å². The maximum Gasteiger partial charge on any atom is 0.147 e. The fourth-order valence-corrected chi connectivity index (χ4v) is 1.84. The van der Waals surface area contributed by atoms with Crippen LogP contribution in [0.15, 0.2) is 0 Å². The molecule has 0 saturated heterocycles. The molecule has 5 nitrogen and oxygen atoms in total. The number of nitrogens with two attached hydrogens (primary N) is 1. The second-order valence-corrected chi connectivity index (χ2v) is 4.52. The molecule has 98 valence electrons. The molecule has 5 heteroatoms. The third kappa shape index (κ3) is 3.63. The number of hydrogen-bond donors (Lipinski definition) is 2. The quantitative estimate of drug-likeness (QED) is 0.760. The molecule has 3 N–H and O–H groups in total. The number of ether oxygens (including phenoxy) is 1. The Balaban J connectivity index is 2.64. The summed E-state index contributed by atoms with van der Waals surface area (Å²) < 4.78 is 6.92. The van der Waals surface area contributed by atoms with Gasteiger partial charge in [-0.1, -0.05) is 20.3 Å². The third-order valence-electron chi connectivity index (χ3n) is 2.72. The molecule has 1 aromatic rings. The van der Waals surface area contributed by atoms with Gasteiger partial charge in [-0.3, -0.25) is 4.68 Å². The molecule has 0 bridgehead atoms. The summed E-state index contributed by atoms with van der Waals surface area (Å²) in [6.45, 7) is 5.84. The predicted octanol–water partition coefficient (Wildman–Crippen LogP) is 1.65. The van der Waals surface area contributed by atoms with Gasteiger partial charge in [0.2, 0.25) is 0 Å². The second-order valence-electron chi connectivity index (χ2n) is 4.52. The highest BCUT2D eigenvalue weighted by atomic mass is 16.5. The van der Waals surface area contributed by atoms with E-state index in [0.717, 1.165) is 43.2 Å². The Morgan fingerprint density at radius 2 is 2.24 bits per heavy atom. The van der Waals surface area contributed by atoms with Gasteiger partial charge in [0.25, 0.3) is 0 Å². The van der Waals surface area contributed by atoms with E-state index in [4.69, 9.17) is 10.5 Å². The van der Waals surface area contributed by atoms with Crippen molar-refractivity contribution in [2.45, 2.75) is 26.7 Å². The summed E-state index contributed by atoms with van der Waals surface area (Å²) in [5, 5.41) is 7.76. The molecule has 17 heavy (non-hydrogen) atoms. The Labute approximate surface area is 103 Å². The fourth-order valence-electron chi connectivity index (χ4n) is 1.84. The minimum Gasteiger partial charge on any atom is -0.394 e. The molecule has 0 amide bonds. The first kappa shape index (κ1) is 13.8. The molecule has 1 aromatic heterocycles. The Morgan fingerprint density at radius 3 is 2.82 bits per heavy atom. The van der Waals surface area contributed by atoms with Gasteiger partial charge in [-0.2, -0.15) is 5.10 Å². The van der Waals surface area contributed by atoms with Crippen LogP contribution in [-0.2, 0) is 18.2 Å². The number of anilines is 2. The van der Waals surface area contributed by atoms with Crippen LogP contribution < -0.4 is 11.1 Å². The van der Waals surface area contributed by atoms with Gasteiger partial charge < -0.3 is 15.8 Å². The van der Waals surface area contributed by atoms with Crippen molar-refractivity contribution in [3.63, 3.8) is 0 Å². The summed E-state index contributed by atoms with van der Waals surface area (Å²) in [6, 6.07) is 0. The van der Waals surface area contributed by atoms with E-state index in [-0.39, 0.29) is 0 Å². The Morgan fingerprint density at radius 1 is 1.53 bits per heavy atom. The van der Waals surface area contributed by atoms with Gasteiger partial charge in [-0.15, -0.1) is 0 Å². The summed E-state index contributed by atoms with van der Waals surface area (Å²) in [4.78, 5) is 0. The molecule has 0 aromatic carbocycles. The Kier molecular flexibility index (Phi) is 5.28. The maximum atomic E-state index is 6.07. The van der Waals surface area contributed by atoms with Crippen LogP contribution >= 0.6 is 0 Å². The number of nitrogens with zero attached hydrogens (tertiary/aromatic N) is 2. The van der Waals surface area contributed by atoms with Gasteiger partial charge in [0.1, 0.15) is 5.82 Å². The van der Waals surface area contributed by atoms with E-state index in [0.29, 0.717) is 5.92 Å². The van der Waals surface area contributed by atoms with Gasteiger partial charge in [0.15, 0.2) is 0 Å². The lowest BCUT2D eigenvalue weighted by atomic mass is 10.2. The van der Waals surface area contributed by atoms with Crippen LogP contribution in [0.3, 0.4) is 0 Å². The summed E-state index contributed by atoms with van der Waals surface area (Å²) in [6.07, 6.45) is 1.98. The van der Waals surface area contributed by atoms with E-state index in [9.17, 15) is 0 Å². The van der Waals surface area contributed by atoms with Crippen molar-refractivity contribution in [3.8, 4) is 0 Å². The van der Waals surface area contributed by atoms with Crippen LogP contribution in [0.4, 0.5) is 11.5 Å². The maximum absolute atomic E-state index is 6.07. The van der Waals surface area contributed by atoms with Gasteiger partial charge in [-0.05, 0) is 12.3 Å². The largest absolute Gasteiger partial charge is 0.394 e. The van der Waals surface area contributed by atoms with E-state index in [2.05, 4.69) is 24.3 Å². The monoisotopic (exact) mass is 240 g/mol. The van der Waals surface area contributed by atoms with E-state index in [1.54, 1.807) is 7.11 Å². The standard InChI is InChI=1S/C12H24N4O/c1-5-6-10-11(13)12(16(3)15-10)14-7-9(2)8-17-4/h9,14H,5-8,13H2,1-4H3. The summed E-state index contributed by atoms with van der Waals surface area (Å²) in [5.74, 6) is 1.36. The topological polar surface area (TPSA) is 65.1 Å². The highest BCUT2D eigenvalue weighted by molar-refractivity contribution is 5.65. The third-order valence-corrected chi connectivity index (χ3v) is 2.72. The highest BCUT2D eigenvalue weighted by Gasteiger charge is 2.12. The van der Waals surface area contributed by atoms with Crippen LogP contribution in [0, 0.1) is 5.92 Å². The Bertz CT molecular complexity index is 349. The smallest absolute Gasteiger partial charge is 0.147 e. The SMILES string of the molecule is CCCc1nn(C)c(NCC(C)COC)c1N. The fraction of sp³-hybridized carbons (Fsp3) is 0.750. The molecule has 0 fully saturated rings. The minimum atomic E-state index is 0.448. The molecule has 0 saturated carbocycles. The van der Waals surface area contributed by atoms with Gasteiger partial charge in [0.05, 0.1) is 18.0 Å². The molecule has 0 aliphatic carbocycles. The van der Waals surface area contributed by atoms with E-state index < -0.39 is 0 Å². The first-order valence-electron chi connectivity index (χ1n) is 6.14. The normalized spacial score (nSPS) is 12.7. The summed E-state index contributed by atoms with van der Waals surface area (Å²) >= 11 is 0. The highest BCUT2D eigenvalue weighted by Crippen LogP contribution is 2.23. The molecule has 0 spiro atoms. The van der Waals surface area contributed by atoms with Crippen LogP contribution in [0.1, 0.15) is 26.0 Å². The number of nitrogens with one attached hydrogen (secondary N) is 1. The van der Waals surface area contributed by atoms with Crippen molar-refractivity contribution < 1.29 is 4.74 Å². The second kappa shape index (κ2) is 6.49. The van der Waals surface area contributed by atoms with Crippen LogP contribution in [-0.4, -0.2) is 30.0 Å². The summed E-state index contributed by atoms with van der Waals surface area (Å²) in [5.41, 5.74) is 7.83. The Hall–Kier alpha value is -1.23. The zero-order valence-corrected chi connectivity index (χ0v) is 11.3. The van der Waals surface area contributed by atoms with Crippen LogP contribution in [0.2, 0.25) is 0 Å². The molecular weight excluding hydrogens is 216 g/mol. The zero-order valence-electron chi connectivity index (χ0n) is 11.3. The molecule has 0 radical (unpaired) electrons. The van der Waals surface area contributed by atoms with Crippen molar-refractivity contribution in [3.05, 3.63) is 5.69 Å². The molecule has 1 rings (SSSR count). The van der Waals surface area contributed by atoms with Crippen molar-refractivity contribution in [2.75, 3.05) is 31.3 Å². The number of aromatic nitrogens is 2. The molecule has 0 aliphatic heterocycles. The van der Waals surface area contributed by atoms with Gasteiger partial charge in [-0.25, -0.2) is 0 Å². The first-order chi connectivity index (χ1) is 8.10. The van der Waals surface area contributed by atoms with Crippen LogP contribution in [0.5, 0.6) is 0 Å². The summed E-state index contributed by atoms with van der Waals surface area (Å²) in [7, 11) is 3.63.